The van der Waals surface area contributed by atoms with Gasteiger partial charge in [-0.2, -0.15) is 0 Å². The Morgan fingerprint density at radius 2 is 1.86 bits per heavy atom. The molecule has 5 atom stereocenters. The molecule has 0 unspecified atom stereocenters. The summed E-state index contributed by atoms with van der Waals surface area (Å²) in [5.41, 5.74) is -0.357. The normalized spacial score (nSPS) is 22.7. The third kappa shape index (κ3) is 9.46. The second kappa shape index (κ2) is 17.0. The third-order valence-corrected chi connectivity index (χ3v) is 11.3. The molecule has 0 radical (unpaired) electrons. The molecule has 2 saturated carbocycles. The van der Waals surface area contributed by atoms with Gasteiger partial charge in [0.15, 0.2) is 5.13 Å². The zero-order valence-electron chi connectivity index (χ0n) is 33.2. The van der Waals surface area contributed by atoms with Gasteiger partial charge < -0.3 is 34.9 Å². The van der Waals surface area contributed by atoms with Crippen molar-refractivity contribution in [2.75, 3.05) is 18.5 Å². The van der Waals surface area contributed by atoms with Gasteiger partial charge in [0, 0.05) is 41.6 Å². The number of nitrogens with one attached hydrogen (secondary N) is 2. The van der Waals surface area contributed by atoms with Crippen LogP contribution in [0.15, 0.2) is 59.9 Å². The first-order valence-electron chi connectivity index (χ1n) is 19.4. The van der Waals surface area contributed by atoms with E-state index < -0.39 is 52.9 Å². The Bertz CT molecular complexity index is 2050. The Labute approximate surface area is 336 Å². The van der Waals surface area contributed by atoms with Crippen molar-refractivity contribution < 1.29 is 38.5 Å². The van der Waals surface area contributed by atoms with Gasteiger partial charge >= 0.3 is 12.1 Å². The number of hydrogen-bond donors (Lipinski definition) is 3. The van der Waals surface area contributed by atoms with Gasteiger partial charge in [0.05, 0.1) is 17.8 Å². The molecule has 14 nitrogen and oxygen atoms in total. The molecule has 304 valence electrons. The lowest BCUT2D eigenvalue weighted by Gasteiger charge is -2.35. The highest BCUT2D eigenvalue weighted by molar-refractivity contribution is 7.14. The molecular formula is C42H52N6O8S. The zero-order valence-corrected chi connectivity index (χ0v) is 34.0. The predicted octanol–water partition coefficient (Wildman–Crippen LogP) is 6.83. The number of phenols is 1. The van der Waals surface area contributed by atoms with E-state index in [0.29, 0.717) is 34.5 Å². The Morgan fingerprint density at radius 1 is 1.11 bits per heavy atom. The number of rotatable bonds is 14. The van der Waals surface area contributed by atoms with E-state index >= 15 is 0 Å². The molecule has 6 rings (SSSR count). The van der Waals surface area contributed by atoms with E-state index in [1.54, 1.807) is 18.2 Å². The lowest BCUT2D eigenvalue weighted by molar-refractivity contribution is -0.146. The number of esters is 1. The van der Waals surface area contributed by atoms with Crippen LogP contribution in [-0.2, 0) is 23.9 Å². The molecule has 3 heterocycles. The van der Waals surface area contributed by atoms with Gasteiger partial charge in [0.1, 0.15) is 53.5 Å². The van der Waals surface area contributed by atoms with Crippen LogP contribution in [0.4, 0.5) is 9.93 Å². The molecule has 1 aliphatic heterocycles. The molecule has 1 aromatic carbocycles. The minimum Gasteiger partial charge on any atom is -0.508 e. The molecular weight excluding hydrogens is 749 g/mol. The second-order valence-corrected chi connectivity index (χ2v) is 17.2. The number of fused-ring (bicyclic) bond motifs is 1. The Kier molecular flexibility index (Phi) is 12.4. The van der Waals surface area contributed by atoms with Gasteiger partial charge in [-0.15, -0.1) is 17.9 Å². The first kappa shape index (κ1) is 41.3. The summed E-state index contributed by atoms with van der Waals surface area (Å²) in [6.45, 7) is 16.9. The maximum atomic E-state index is 14.6. The SMILES string of the molecule is C=CCOC(=O)[C@@]1(C=NC(=O)[C@@H]2C[C@@H](Oc3cc(-c4csc(NC(C)C)n4)nc4cc(O)ccc34)CN2C(=O)[C@@H](NC(=O)OC2CCCC2)C(C)(C)C)C[C@H]1C=C. The van der Waals surface area contributed by atoms with Gasteiger partial charge in [-0.3, -0.25) is 14.4 Å². The first-order chi connectivity index (χ1) is 27.1. The standard InChI is InChI=1S/C42H52N6O8S/c1-8-16-54-38(52)42(20-25(42)9-2)23-43-36(50)33-18-28(21-48(33)37(51)35(41(5,6)7)47-40(53)56-27-12-10-11-13-27)55-34-19-31(32-22-57-39(46-32)44-24(3)4)45-30-17-26(49)14-15-29(30)34/h8-9,14-15,17,19,22-25,27-28,33,35,49H,1-2,10-13,16,18,20-21H2,3-7H3,(H,44,46)(H,47,53)/t25-,28-,33+,35-,42-/m1/s1. The average molecular weight is 801 g/mol. The monoisotopic (exact) mass is 800 g/mol. The number of likely N-dealkylation sites (tertiary alicyclic amines) is 1. The van der Waals surface area contributed by atoms with Gasteiger partial charge in [-0.05, 0) is 69.4 Å². The third-order valence-electron chi connectivity index (χ3n) is 10.5. The van der Waals surface area contributed by atoms with Crippen LogP contribution in [0.5, 0.6) is 11.5 Å². The van der Waals surface area contributed by atoms with Crippen LogP contribution in [-0.4, -0.2) is 93.6 Å². The zero-order chi connectivity index (χ0) is 41.1. The summed E-state index contributed by atoms with van der Waals surface area (Å²) < 4.78 is 17.7. The lowest BCUT2D eigenvalue weighted by atomic mass is 9.85. The van der Waals surface area contributed by atoms with Crippen molar-refractivity contribution in [3.63, 3.8) is 0 Å². The molecule has 2 aliphatic carbocycles. The number of anilines is 1. The predicted molar refractivity (Wildman–Crippen MR) is 218 cm³/mol. The highest BCUT2D eigenvalue weighted by Gasteiger charge is 2.59. The maximum absolute atomic E-state index is 14.6. The highest BCUT2D eigenvalue weighted by Crippen LogP contribution is 2.53. The molecule has 3 fully saturated rings. The molecule has 15 heteroatoms. The van der Waals surface area contributed by atoms with Crippen LogP contribution in [0.1, 0.15) is 73.1 Å². The van der Waals surface area contributed by atoms with Crippen LogP contribution < -0.4 is 15.4 Å². The van der Waals surface area contributed by atoms with Gasteiger partial charge in [-0.1, -0.05) is 39.5 Å². The number of carbonyl (C=O) groups excluding carboxylic acids is 4. The number of nitrogens with zero attached hydrogens (tertiary/aromatic N) is 4. The highest BCUT2D eigenvalue weighted by atomic mass is 32.1. The molecule has 2 aromatic heterocycles. The summed E-state index contributed by atoms with van der Waals surface area (Å²) in [5, 5.41) is 19.7. The van der Waals surface area contributed by atoms with E-state index in [1.807, 2.05) is 40.0 Å². The number of allylic oxidation sites excluding steroid dienone is 1. The molecule has 3 aliphatic rings. The molecule has 3 amide bonds. The topological polar surface area (TPSA) is 182 Å². The maximum Gasteiger partial charge on any atom is 0.408 e. The smallest absolute Gasteiger partial charge is 0.408 e. The molecule has 3 N–H and O–H groups in total. The summed E-state index contributed by atoms with van der Waals surface area (Å²) in [6.07, 6.45) is 6.68. The summed E-state index contributed by atoms with van der Waals surface area (Å²) in [5.74, 6) is -1.53. The van der Waals surface area contributed by atoms with E-state index in [2.05, 4.69) is 28.8 Å². The number of amides is 3. The van der Waals surface area contributed by atoms with Crippen molar-refractivity contribution in [1.82, 2.24) is 20.2 Å². The minimum atomic E-state index is -1.15. The summed E-state index contributed by atoms with van der Waals surface area (Å²) in [4.78, 5) is 70.2. The number of aromatic hydroxyl groups is 1. The number of pyridine rings is 1. The number of benzene rings is 1. The largest absolute Gasteiger partial charge is 0.508 e. The van der Waals surface area contributed by atoms with Crippen LogP contribution in [0, 0.1) is 16.7 Å². The Hall–Kier alpha value is -5.31. The van der Waals surface area contributed by atoms with Gasteiger partial charge in [0.2, 0.25) is 5.91 Å². The summed E-state index contributed by atoms with van der Waals surface area (Å²) in [6, 6.07) is 4.53. The fraction of sp³-hybridized carbons (Fsp3) is 0.500. The molecule has 0 spiro atoms. The number of alkyl carbamates (subject to hydrolysis) is 1. The number of thiazole rings is 1. The van der Waals surface area contributed by atoms with E-state index in [1.165, 1.54) is 40.7 Å². The first-order valence-corrected chi connectivity index (χ1v) is 20.3. The van der Waals surface area contributed by atoms with Crippen molar-refractivity contribution in [3.05, 3.63) is 55.0 Å². The summed E-state index contributed by atoms with van der Waals surface area (Å²) in [7, 11) is 0. The Morgan fingerprint density at radius 3 is 2.53 bits per heavy atom. The van der Waals surface area contributed by atoms with Crippen molar-refractivity contribution in [3.8, 4) is 22.9 Å². The van der Waals surface area contributed by atoms with Crippen LogP contribution >= 0.6 is 11.3 Å². The van der Waals surface area contributed by atoms with Crippen LogP contribution in [0.3, 0.4) is 0 Å². The summed E-state index contributed by atoms with van der Waals surface area (Å²) >= 11 is 1.44. The molecule has 1 saturated heterocycles. The fourth-order valence-corrected chi connectivity index (χ4v) is 8.20. The van der Waals surface area contributed by atoms with Crippen molar-refractivity contribution >= 4 is 57.5 Å². The molecule has 0 bridgehead atoms. The second-order valence-electron chi connectivity index (χ2n) is 16.4. The van der Waals surface area contributed by atoms with E-state index in [9.17, 15) is 24.3 Å². The Balaban J connectivity index is 1.32. The number of aliphatic imine (C=N–C) groups is 1. The molecule has 57 heavy (non-hydrogen) atoms. The fourth-order valence-electron chi connectivity index (χ4n) is 7.35. The van der Waals surface area contributed by atoms with Crippen LogP contribution in [0.25, 0.3) is 22.3 Å². The quantitative estimate of drug-likeness (QED) is 0.0883. The van der Waals surface area contributed by atoms with Crippen molar-refractivity contribution in [1.29, 1.82) is 0 Å². The number of hydrogen-bond acceptors (Lipinski definition) is 12. The number of phenolic OH excluding ortho intramolecular Hbond substituents is 1. The number of carbonyl (C=O) groups is 4. The van der Waals surface area contributed by atoms with Gasteiger partial charge in [0.25, 0.3) is 5.91 Å². The number of aromatic nitrogens is 2. The molecule has 3 aromatic rings. The van der Waals surface area contributed by atoms with E-state index in [4.69, 9.17) is 24.2 Å². The average Bonchev–Trinajstić information content (AvgIpc) is 3.55. The van der Waals surface area contributed by atoms with Crippen molar-refractivity contribution in [2.45, 2.75) is 103 Å². The van der Waals surface area contributed by atoms with E-state index in [-0.39, 0.29) is 43.4 Å². The van der Waals surface area contributed by atoms with Crippen LogP contribution in [0.2, 0.25) is 0 Å². The minimum absolute atomic E-state index is 0.00399. The number of ether oxygens (including phenoxy) is 3. The van der Waals surface area contributed by atoms with Crippen molar-refractivity contribution in [2.24, 2.45) is 21.7 Å². The van der Waals surface area contributed by atoms with E-state index in [0.717, 1.165) is 30.8 Å². The lowest BCUT2D eigenvalue weighted by Crippen LogP contribution is -2.57. The van der Waals surface area contributed by atoms with Gasteiger partial charge in [-0.25, -0.2) is 19.8 Å².